The summed E-state index contributed by atoms with van der Waals surface area (Å²) in [7, 11) is 2.02. The van der Waals surface area contributed by atoms with Crippen molar-refractivity contribution in [1.82, 2.24) is 19.8 Å². The zero-order valence-electron chi connectivity index (χ0n) is 21.4. The monoisotopic (exact) mass is 503 g/mol. The topological polar surface area (TPSA) is 108 Å². The van der Waals surface area contributed by atoms with Crippen LogP contribution in [0.2, 0.25) is 0 Å². The summed E-state index contributed by atoms with van der Waals surface area (Å²) in [5.41, 5.74) is 2.34. The number of rotatable bonds is 8. The quantitative estimate of drug-likeness (QED) is 0.486. The van der Waals surface area contributed by atoms with Crippen molar-refractivity contribution in [2.45, 2.75) is 32.5 Å². The summed E-state index contributed by atoms with van der Waals surface area (Å²) in [5, 5.41) is 12.8. The van der Waals surface area contributed by atoms with E-state index in [1.807, 2.05) is 33.0 Å². The number of likely N-dealkylation sites (N-methyl/N-ethyl adjacent to an activating group) is 1. The molecule has 3 aromatic rings. The average molecular weight is 504 g/mol. The van der Waals surface area contributed by atoms with Crippen molar-refractivity contribution in [2.24, 2.45) is 5.92 Å². The van der Waals surface area contributed by atoms with Crippen LogP contribution in [-0.4, -0.2) is 75.6 Å². The van der Waals surface area contributed by atoms with E-state index in [0.29, 0.717) is 42.2 Å². The third-order valence-electron chi connectivity index (χ3n) is 6.58. The molecule has 3 atom stereocenters. The van der Waals surface area contributed by atoms with E-state index in [9.17, 15) is 14.7 Å². The Labute approximate surface area is 217 Å². The summed E-state index contributed by atoms with van der Waals surface area (Å²) >= 11 is 0. The van der Waals surface area contributed by atoms with Gasteiger partial charge in [-0.15, -0.1) is 0 Å². The van der Waals surface area contributed by atoms with E-state index in [1.54, 1.807) is 60.0 Å². The number of para-hydroxylation sites is 1. The molecule has 0 fully saturated rings. The molecule has 1 aromatic carbocycles. The molecule has 2 amide bonds. The fourth-order valence-corrected chi connectivity index (χ4v) is 4.43. The normalized spacial score (nSPS) is 18.4. The van der Waals surface area contributed by atoms with Gasteiger partial charge in [-0.25, -0.2) is 0 Å². The Morgan fingerprint density at radius 1 is 1.16 bits per heavy atom. The Morgan fingerprint density at radius 3 is 2.51 bits per heavy atom. The number of nitrogens with one attached hydrogen (secondary N) is 1. The van der Waals surface area contributed by atoms with Crippen LogP contribution in [0.3, 0.4) is 0 Å². The summed E-state index contributed by atoms with van der Waals surface area (Å²) in [6, 6.07) is 12.0. The predicted molar refractivity (Wildman–Crippen MR) is 140 cm³/mol. The molecular weight excluding hydrogens is 470 g/mol. The second-order valence-corrected chi connectivity index (χ2v) is 9.55. The van der Waals surface area contributed by atoms with Gasteiger partial charge in [0.15, 0.2) is 5.75 Å². The highest BCUT2D eigenvalue weighted by Crippen LogP contribution is 2.35. The molecule has 0 spiro atoms. The number of amides is 2. The molecular formula is C28H33N5O4. The van der Waals surface area contributed by atoms with E-state index < -0.39 is 0 Å². The van der Waals surface area contributed by atoms with Crippen molar-refractivity contribution in [3.05, 3.63) is 83.9 Å². The first-order valence-corrected chi connectivity index (χ1v) is 12.4. The van der Waals surface area contributed by atoms with E-state index >= 15 is 0 Å². The van der Waals surface area contributed by atoms with Crippen LogP contribution in [0.5, 0.6) is 5.75 Å². The summed E-state index contributed by atoms with van der Waals surface area (Å²) in [6.07, 6.45) is 6.35. The number of ether oxygens (including phenoxy) is 1. The second-order valence-electron chi connectivity index (χ2n) is 9.55. The number of fused-ring (bicyclic) bond motifs is 1. The van der Waals surface area contributed by atoms with E-state index in [4.69, 9.17) is 4.74 Å². The van der Waals surface area contributed by atoms with Crippen LogP contribution in [0.1, 0.15) is 40.1 Å². The van der Waals surface area contributed by atoms with E-state index in [-0.39, 0.29) is 36.5 Å². The van der Waals surface area contributed by atoms with Crippen LogP contribution in [0.4, 0.5) is 5.69 Å². The minimum Gasteiger partial charge on any atom is -0.486 e. The fraction of sp³-hybridized carbons (Fsp3) is 0.357. The lowest BCUT2D eigenvalue weighted by atomic mass is 9.98. The number of hydrogen-bond donors (Lipinski definition) is 2. The molecule has 3 heterocycles. The Hall–Kier alpha value is -3.82. The molecule has 0 radical (unpaired) electrons. The van der Waals surface area contributed by atoms with Crippen molar-refractivity contribution < 1.29 is 19.4 Å². The van der Waals surface area contributed by atoms with Gasteiger partial charge in [0.25, 0.3) is 11.8 Å². The van der Waals surface area contributed by atoms with Crippen LogP contribution in [0.25, 0.3) is 0 Å². The molecule has 2 aromatic heterocycles. The number of aliphatic hydroxyl groups excluding tert-OH is 1. The van der Waals surface area contributed by atoms with Crippen LogP contribution in [-0.2, 0) is 6.54 Å². The maximum atomic E-state index is 13.6. The molecule has 0 saturated carbocycles. The molecule has 0 saturated heterocycles. The van der Waals surface area contributed by atoms with Crippen molar-refractivity contribution >= 4 is 17.5 Å². The summed E-state index contributed by atoms with van der Waals surface area (Å²) < 4.78 is 6.57. The van der Waals surface area contributed by atoms with Crippen LogP contribution >= 0.6 is 0 Å². The lowest BCUT2D eigenvalue weighted by Gasteiger charge is -2.38. The summed E-state index contributed by atoms with van der Waals surface area (Å²) in [6.45, 7) is 5.44. The van der Waals surface area contributed by atoms with Gasteiger partial charge in [0.1, 0.15) is 6.10 Å². The van der Waals surface area contributed by atoms with Gasteiger partial charge in [0.2, 0.25) is 0 Å². The lowest BCUT2D eigenvalue weighted by Crippen LogP contribution is -2.49. The lowest BCUT2D eigenvalue weighted by molar-refractivity contribution is 0.0343. The molecule has 9 heteroatoms. The highest BCUT2D eigenvalue weighted by atomic mass is 16.5. The average Bonchev–Trinajstić information content (AvgIpc) is 2.91. The molecule has 4 rings (SSSR count). The zero-order valence-corrected chi connectivity index (χ0v) is 21.4. The number of carbonyl (C=O) groups is 2. The Balaban J connectivity index is 1.67. The number of anilines is 1. The molecule has 1 aliphatic heterocycles. The van der Waals surface area contributed by atoms with Gasteiger partial charge < -0.3 is 20.1 Å². The van der Waals surface area contributed by atoms with Gasteiger partial charge in [0, 0.05) is 55.9 Å². The van der Waals surface area contributed by atoms with Crippen LogP contribution < -0.4 is 10.1 Å². The number of carbonyl (C=O) groups excluding carboxylic acids is 2. The first kappa shape index (κ1) is 26.2. The van der Waals surface area contributed by atoms with Gasteiger partial charge >= 0.3 is 0 Å². The Bertz CT molecular complexity index is 1210. The first-order chi connectivity index (χ1) is 17.9. The maximum Gasteiger partial charge on any atom is 0.258 e. The number of nitrogens with zero attached hydrogens (tertiary/aromatic N) is 4. The third kappa shape index (κ3) is 6.31. The van der Waals surface area contributed by atoms with E-state index in [0.717, 1.165) is 5.56 Å². The molecule has 194 valence electrons. The number of aromatic nitrogens is 2. The largest absolute Gasteiger partial charge is 0.486 e. The molecule has 1 aliphatic rings. The standard InChI is InChI=1S/C28H33N5O4/c1-19-15-33(20(2)18-34)28(36)23-5-4-6-24(31-27(35)22-9-13-30-14-10-22)26(23)37-25(19)17-32(3)16-21-7-11-29-12-8-21/h4-14,19-20,25,34H,15-18H2,1-3H3,(H,31,35)/t19-,20-,25+/m1/s1. The molecule has 0 bridgehead atoms. The first-order valence-electron chi connectivity index (χ1n) is 12.4. The van der Waals surface area contributed by atoms with Crippen molar-refractivity contribution in [3.8, 4) is 5.75 Å². The smallest absolute Gasteiger partial charge is 0.258 e. The highest BCUT2D eigenvalue weighted by Gasteiger charge is 2.34. The van der Waals surface area contributed by atoms with Gasteiger partial charge in [-0.05, 0) is 55.9 Å². The van der Waals surface area contributed by atoms with Crippen LogP contribution in [0.15, 0.2) is 67.3 Å². The van der Waals surface area contributed by atoms with Gasteiger partial charge in [0.05, 0.1) is 23.9 Å². The minimum atomic E-state index is -0.369. The zero-order chi connectivity index (χ0) is 26.4. The third-order valence-corrected chi connectivity index (χ3v) is 6.58. The predicted octanol–water partition coefficient (Wildman–Crippen LogP) is 3.08. The summed E-state index contributed by atoms with van der Waals surface area (Å²) in [5.74, 6) is -0.283. The van der Waals surface area contributed by atoms with Gasteiger partial charge in [-0.2, -0.15) is 0 Å². The molecule has 0 unspecified atom stereocenters. The maximum absolute atomic E-state index is 13.6. The highest BCUT2D eigenvalue weighted by molar-refractivity contribution is 6.07. The van der Waals surface area contributed by atoms with Crippen LogP contribution in [0, 0.1) is 5.92 Å². The molecule has 0 aliphatic carbocycles. The minimum absolute atomic E-state index is 0.0463. The number of pyridine rings is 2. The van der Waals surface area contributed by atoms with Crippen molar-refractivity contribution in [2.75, 3.05) is 32.1 Å². The molecule has 2 N–H and O–H groups in total. The number of hydrogen-bond acceptors (Lipinski definition) is 7. The second kappa shape index (κ2) is 11.9. The van der Waals surface area contributed by atoms with Crippen molar-refractivity contribution in [1.29, 1.82) is 0 Å². The number of aliphatic hydroxyl groups is 1. The summed E-state index contributed by atoms with van der Waals surface area (Å²) in [4.78, 5) is 38.5. The fourth-order valence-electron chi connectivity index (χ4n) is 4.43. The van der Waals surface area contributed by atoms with E-state index in [1.165, 1.54) is 0 Å². The SMILES string of the molecule is C[C@@H]1CN([C@H](C)CO)C(=O)c2cccc(NC(=O)c3ccncc3)c2O[C@H]1CN(C)Cc1ccncc1. The van der Waals surface area contributed by atoms with E-state index in [2.05, 4.69) is 20.2 Å². The molecule has 37 heavy (non-hydrogen) atoms. The van der Waals surface area contributed by atoms with Gasteiger partial charge in [-0.3, -0.25) is 24.5 Å². The number of benzene rings is 1. The van der Waals surface area contributed by atoms with Gasteiger partial charge in [-0.1, -0.05) is 13.0 Å². The Kier molecular flexibility index (Phi) is 8.47. The van der Waals surface area contributed by atoms with Crippen molar-refractivity contribution in [3.63, 3.8) is 0 Å². The Morgan fingerprint density at radius 2 is 1.84 bits per heavy atom. The molecule has 9 nitrogen and oxygen atoms in total.